The van der Waals surface area contributed by atoms with Crippen molar-refractivity contribution in [3.8, 4) is 0 Å². The van der Waals surface area contributed by atoms with E-state index in [-0.39, 0.29) is 23.5 Å². The van der Waals surface area contributed by atoms with Crippen LogP contribution in [0.15, 0.2) is 41.4 Å². The van der Waals surface area contributed by atoms with Crippen LogP contribution in [0.25, 0.3) is 0 Å². The predicted octanol–water partition coefficient (Wildman–Crippen LogP) is 4.27. The zero-order chi connectivity index (χ0) is 21.5. The van der Waals surface area contributed by atoms with Gasteiger partial charge >= 0.3 is 5.97 Å². The first-order chi connectivity index (χ1) is 12.9. The number of carbonyl (C=O) groups excluding carboxylic acids is 1. The zero-order valence-corrected chi connectivity index (χ0v) is 19.1. The summed E-state index contributed by atoms with van der Waals surface area (Å²) in [5.41, 5.74) is 0.970. The summed E-state index contributed by atoms with van der Waals surface area (Å²) in [4.78, 5) is 12.5. The Kier molecular flexibility index (Phi) is 9.18. The van der Waals surface area contributed by atoms with Gasteiger partial charge in [0.25, 0.3) is 0 Å². The minimum Gasteiger partial charge on any atom is -0.466 e. The van der Waals surface area contributed by atoms with Crippen LogP contribution in [-0.4, -0.2) is 31.8 Å². The fourth-order valence-corrected chi connectivity index (χ4v) is 4.09. The molecule has 158 valence electrons. The summed E-state index contributed by atoms with van der Waals surface area (Å²) in [5.74, 6) is -1.08. The van der Waals surface area contributed by atoms with Gasteiger partial charge in [-0.2, -0.15) is 0 Å². The maximum Gasteiger partial charge on any atom is 0.313 e. The van der Waals surface area contributed by atoms with Crippen LogP contribution in [0.2, 0.25) is 0 Å². The molecule has 0 fully saturated rings. The van der Waals surface area contributed by atoms with Crippen molar-refractivity contribution in [3.63, 3.8) is 0 Å². The first kappa shape index (κ1) is 24.7. The number of halogens is 1. The fourth-order valence-electron chi connectivity index (χ4n) is 2.48. The zero-order valence-electron chi connectivity index (χ0n) is 17.5. The molecule has 1 rings (SSSR count). The van der Waals surface area contributed by atoms with Gasteiger partial charge in [0.05, 0.1) is 23.3 Å². The van der Waals surface area contributed by atoms with Gasteiger partial charge in [0.2, 0.25) is 10.0 Å². The van der Waals surface area contributed by atoms with Crippen molar-refractivity contribution in [2.75, 3.05) is 6.61 Å². The summed E-state index contributed by atoms with van der Waals surface area (Å²) in [6.45, 7) is 10.6. The number of carbonyl (C=O) groups is 1. The third kappa shape index (κ3) is 7.22. The van der Waals surface area contributed by atoms with Gasteiger partial charge in [-0.25, -0.2) is 13.1 Å². The number of nitrogens with one attached hydrogen (secondary N) is 1. The SMILES string of the molecule is CCOC(=O)[C@H](/C=C(\Cl)[C@@H](NS(=O)(=O)C(C)(C)C)C(C)C)Cc1ccccc1. The van der Waals surface area contributed by atoms with Crippen LogP contribution in [0.3, 0.4) is 0 Å². The first-order valence-electron chi connectivity index (χ1n) is 9.48. The summed E-state index contributed by atoms with van der Waals surface area (Å²) < 4.78 is 32.1. The minimum absolute atomic E-state index is 0.0968. The molecule has 0 saturated heterocycles. The van der Waals surface area contributed by atoms with Crippen molar-refractivity contribution in [2.45, 2.75) is 58.8 Å². The topological polar surface area (TPSA) is 72.5 Å². The van der Waals surface area contributed by atoms with Crippen molar-refractivity contribution < 1.29 is 17.9 Å². The number of sulfonamides is 1. The molecule has 1 aromatic carbocycles. The molecule has 0 bridgehead atoms. The highest BCUT2D eigenvalue weighted by Gasteiger charge is 2.33. The van der Waals surface area contributed by atoms with Crippen LogP contribution in [0.4, 0.5) is 0 Å². The minimum atomic E-state index is -3.60. The number of esters is 1. The molecule has 2 atom stereocenters. The van der Waals surface area contributed by atoms with E-state index in [0.29, 0.717) is 6.42 Å². The molecule has 0 saturated carbocycles. The Morgan fingerprint density at radius 2 is 1.79 bits per heavy atom. The van der Waals surface area contributed by atoms with Crippen LogP contribution in [0, 0.1) is 11.8 Å². The average molecular weight is 430 g/mol. The Morgan fingerprint density at radius 1 is 1.21 bits per heavy atom. The molecule has 0 aliphatic carbocycles. The molecule has 0 heterocycles. The summed E-state index contributed by atoms with van der Waals surface area (Å²) in [6, 6.07) is 8.93. The van der Waals surface area contributed by atoms with Crippen LogP contribution in [0.1, 0.15) is 47.1 Å². The maximum atomic E-state index is 12.6. The van der Waals surface area contributed by atoms with Gasteiger partial charge in [-0.1, -0.05) is 61.9 Å². The van der Waals surface area contributed by atoms with Crippen molar-refractivity contribution >= 4 is 27.6 Å². The van der Waals surface area contributed by atoms with Gasteiger partial charge in [-0.05, 0) is 45.6 Å². The van der Waals surface area contributed by atoms with Crippen molar-refractivity contribution in [1.82, 2.24) is 4.72 Å². The lowest BCUT2D eigenvalue weighted by molar-refractivity contribution is -0.146. The van der Waals surface area contributed by atoms with E-state index in [0.717, 1.165) is 5.56 Å². The van der Waals surface area contributed by atoms with E-state index in [1.807, 2.05) is 44.2 Å². The highest BCUT2D eigenvalue weighted by atomic mass is 35.5. The predicted molar refractivity (Wildman–Crippen MR) is 115 cm³/mol. The van der Waals surface area contributed by atoms with Crippen LogP contribution in [0.5, 0.6) is 0 Å². The normalized spacial score (nSPS) is 15.4. The number of rotatable bonds is 9. The van der Waals surface area contributed by atoms with Gasteiger partial charge in [0.1, 0.15) is 0 Å². The van der Waals surface area contributed by atoms with E-state index in [1.165, 1.54) is 0 Å². The van der Waals surface area contributed by atoms with E-state index >= 15 is 0 Å². The maximum absolute atomic E-state index is 12.6. The molecule has 0 aromatic heterocycles. The van der Waals surface area contributed by atoms with E-state index in [2.05, 4.69) is 4.72 Å². The molecule has 1 N–H and O–H groups in total. The molecule has 5 nitrogen and oxygen atoms in total. The summed E-state index contributed by atoms with van der Waals surface area (Å²) in [6.07, 6.45) is 2.04. The Labute approximate surface area is 174 Å². The molecule has 0 aliphatic heterocycles. The second-order valence-corrected chi connectivity index (χ2v) is 11.0. The van der Waals surface area contributed by atoms with E-state index in [9.17, 15) is 13.2 Å². The van der Waals surface area contributed by atoms with Crippen molar-refractivity contribution in [2.24, 2.45) is 11.8 Å². The smallest absolute Gasteiger partial charge is 0.313 e. The van der Waals surface area contributed by atoms with Gasteiger partial charge in [0.15, 0.2) is 0 Å². The molecule has 0 aliphatic rings. The van der Waals surface area contributed by atoms with Crippen LogP contribution in [-0.2, 0) is 26.0 Å². The first-order valence-corrected chi connectivity index (χ1v) is 11.3. The lowest BCUT2D eigenvalue weighted by Crippen LogP contribution is -2.47. The van der Waals surface area contributed by atoms with Crippen molar-refractivity contribution in [1.29, 1.82) is 0 Å². The Balaban J connectivity index is 3.19. The number of ether oxygens (including phenoxy) is 1. The molecule has 0 unspecified atom stereocenters. The molecule has 0 radical (unpaired) electrons. The number of hydrogen-bond acceptors (Lipinski definition) is 4. The van der Waals surface area contributed by atoms with E-state index < -0.39 is 26.7 Å². The van der Waals surface area contributed by atoms with Gasteiger partial charge in [0, 0.05) is 5.03 Å². The molecule has 7 heteroatoms. The van der Waals surface area contributed by atoms with Gasteiger partial charge in [-0.3, -0.25) is 4.79 Å². The third-order valence-electron chi connectivity index (χ3n) is 4.30. The number of benzene rings is 1. The monoisotopic (exact) mass is 429 g/mol. The molecule has 1 aromatic rings. The highest BCUT2D eigenvalue weighted by molar-refractivity contribution is 7.90. The quantitative estimate of drug-likeness (QED) is 0.595. The second kappa shape index (κ2) is 10.4. The fraction of sp³-hybridized carbons (Fsp3) is 0.571. The third-order valence-corrected chi connectivity index (χ3v) is 6.84. The summed E-state index contributed by atoms with van der Waals surface area (Å²) in [7, 11) is -3.60. The second-order valence-electron chi connectivity index (χ2n) is 8.06. The summed E-state index contributed by atoms with van der Waals surface area (Å²) in [5, 5.41) is 0.289. The standard InChI is InChI=1S/C21H32ClNO4S/c1-7-27-20(24)17(13-16-11-9-8-10-12-16)14-18(22)19(15(2)3)23-28(25,26)21(4,5)6/h8-12,14-15,17,19,23H,7,13H2,1-6H3/b18-14-/t17-,19-/m0/s1. The Hall–Kier alpha value is -1.37. The summed E-state index contributed by atoms with van der Waals surface area (Å²) >= 11 is 6.53. The number of hydrogen-bond donors (Lipinski definition) is 1. The largest absolute Gasteiger partial charge is 0.466 e. The van der Waals surface area contributed by atoms with E-state index in [4.69, 9.17) is 16.3 Å². The average Bonchev–Trinajstić information content (AvgIpc) is 2.59. The molecule has 28 heavy (non-hydrogen) atoms. The van der Waals surface area contributed by atoms with Gasteiger partial charge in [-0.15, -0.1) is 0 Å². The lowest BCUT2D eigenvalue weighted by atomic mass is 9.96. The Bertz CT molecular complexity index is 767. The Morgan fingerprint density at radius 3 is 2.25 bits per heavy atom. The molecule has 0 spiro atoms. The van der Waals surface area contributed by atoms with Crippen LogP contribution < -0.4 is 4.72 Å². The molecular formula is C21H32ClNO4S. The molecular weight excluding hydrogens is 398 g/mol. The highest BCUT2D eigenvalue weighted by Crippen LogP contribution is 2.24. The van der Waals surface area contributed by atoms with Gasteiger partial charge < -0.3 is 4.74 Å². The molecule has 0 amide bonds. The van der Waals surface area contributed by atoms with Crippen LogP contribution >= 0.6 is 11.6 Å². The van der Waals surface area contributed by atoms with Crippen molar-refractivity contribution in [3.05, 3.63) is 47.0 Å². The lowest BCUT2D eigenvalue weighted by Gasteiger charge is -2.28. The van der Waals surface area contributed by atoms with E-state index in [1.54, 1.807) is 33.8 Å².